The van der Waals surface area contributed by atoms with Crippen molar-refractivity contribution in [1.29, 1.82) is 0 Å². The predicted molar refractivity (Wildman–Crippen MR) is 171 cm³/mol. The summed E-state index contributed by atoms with van der Waals surface area (Å²) in [6, 6.07) is 21.9. The van der Waals surface area contributed by atoms with E-state index in [-0.39, 0.29) is 11.8 Å². The van der Waals surface area contributed by atoms with Gasteiger partial charge < -0.3 is 16.0 Å². The SMILES string of the molecule is Cc1ccc(C[C@@H](N)CN2C[C@@H](C)N(CC(=O)c3ccc4ccccc4c3)C[C@@H]2CCCN2CCNCC2)c(C)c1. The number of hydrogen-bond acceptors (Lipinski definition) is 6. The molecule has 2 fully saturated rings. The highest BCUT2D eigenvalue weighted by Crippen LogP contribution is 2.22. The van der Waals surface area contributed by atoms with Gasteiger partial charge in [0.15, 0.2) is 5.78 Å². The molecule has 220 valence electrons. The van der Waals surface area contributed by atoms with Gasteiger partial charge in [0.05, 0.1) is 6.54 Å². The molecule has 0 saturated carbocycles. The molecule has 0 spiro atoms. The molecule has 3 aromatic rings. The van der Waals surface area contributed by atoms with Gasteiger partial charge in [-0.05, 0) is 74.5 Å². The number of Topliss-reactive ketones (excluding diaryl/α,β-unsaturated/α-hetero) is 1. The second-order valence-corrected chi connectivity index (χ2v) is 12.5. The minimum Gasteiger partial charge on any atom is -0.326 e. The number of hydrogen-bond donors (Lipinski definition) is 2. The third kappa shape index (κ3) is 8.02. The smallest absolute Gasteiger partial charge is 0.176 e. The summed E-state index contributed by atoms with van der Waals surface area (Å²) in [7, 11) is 0. The minimum atomic E-state index is 0.0880. The molecule has 2 saturated heterocycles. The Morgan fingerprint density at radius 3 is 2.54 bits per heavy atom. The van der Waals surface area contributed by atoms with Gasteiger partial charge in [0.2, 0.25) is 0 Å². The number of nitrogens with two attached hydrogens (primary N) is 1. The molecule has 0 amide bonds. The van der Waals surface area contributed by atoms with Gasteiger partial charge in [-0.1, -0.05) is 60.2 Å². The number of ketones is 1. The lowest BCUT2D eigenvalue weighted by molar-refractivity contribution is 0.0263. The van der Waals surface area contributed by atoms with Crippen molar-refractivity contribution in [2.24, 2.45) is 5.73 Å². The van der Waals surface area contributed by atoms with Crippen LogP contribution in [0, 0.1) is 13.8 Å². The fraction of sp³-hybridized carbons (Fsp3) is 0.514. The molecule has 6 nitrogen and oxygen atoms in total. The van der Waals surface area contributed by atoms with Crippen molar-refractivity contribution in [3.05, 3.63) is 82.9 Å². The maximum Gasteiger partial charge on any atom is 0.176 e. The normalized spacial score (nSPS) is 21.8. The van der Waals surface area contributed by atoms with Crippen molar-refractivity contribution in [3.63, 3.8) is 0 Å². The fourth-order valence-electron chi connectivity index (χ4n) is 6.73. The summed E-state index contributed by atoms with van der Waals surface area (Å²) in [5.74, 6) is 0.210. The van der Waals surface area contributed by atoms with Crippen LogP contribution < -0.4 is 11.1 Å². The van der Waals surface area contributed by atoms with Crippen LogP contribution in [-0.4, -0.2) is 97.5 Å². The summed E-state index contributed by atoms with van der Waals surface area (Å²) in [6.07, 6.45) is 3.20. The Hall–Kier alpha value is -2.61. The van der Waals surface area contributed by atoms with Gasteiger partial charge in [0.25, 0.3) is 0 Å². The molecule has 0 bridgehead atoms. The van der Waals surface area contributed by atoms with Gasteiger partial charge in [-0.15, -0.1) is 0 Å². The summed E-state index contributed by atoms with van der Waals surface area (Å²) < 4.78 is 0. The summed E-state index contributed by atoms with van der Waals surface area (Å²) >= 11 is 0. The van der Waals surface area contributed by atoms with E-state index in [0.29, 0.717) is 18.6 Å². The monoisotopic (exact) mass is 555 g/mol. The first kappa shape index (κ1) is 29.9. The Kier molecular flexibility index (Phi) is 10.2. The van der Waals surface area contributed by atoms with E-state index in [1.54, 1.807) is 0 Å². The average Bonchev–Trinajstić information content (AvgIpc) is 2.97. The first-order chi connectivity index (χ1) is 19.9. The highest BCUT2D eigenvalue weighted by molar-refractivity contribution is 6.01. The Balaban J connectivity index is 1.24. The number of benzene rings is 3. The van der Waals surface area contributed by atoms with Gasteiger partial charge in [0.1, 0.15) is 0 Å². The van der Waals surface area contributed by atoms with E-state index in [2.05, 4.69) is 83.3 Å². The van der Waals surface area contributed by atoms with Crippen molar-refractivity contribution in [1.82, 2.24) is 20.0 Å². The molecule has 2 aliphatic rings. The van der Waals surface area contributed by atoms with Gasteiger partial charge in [-0.3, -0.25) is 14.6 Å². The molecule has 3 atom stereocenters. The third-order valence-electron chi connectivity index (χ3n) is 9.17. The second-order valence-electron chi connectivity index (χ2n) is 12.5. The first-order valence-corrected chi connectivity index (χ1v) is 15.6. The van der Waals surface area contributed by atoms with Crippen LogP contribution in [0.3, 0.4) is 0 Å². The predicted octanol–water partition coefficient (Wildman–Crippen LogP) is 4.27. The lowest BCUT2D eigenvalue weighted by Gasteiger charge is -2.46. The van der Waals surface area contributed by atoms with Crippen molar-refractivity contribution in [2.45, 2.75) is 58.2 Å². The zero-order valence-electron chi connectivity index (χ0n) is 25.3. The Morgan fingerprint density at radius 1 is 0.976 bits per heavy atom. The molecular formula is C35H49N5O. The van der Waals surface area contributed by atoms with E-state index in [9.17, 15) is 4.79 Å². The maximum atomic E-state index is 13.5. The van der Waals surface area contributed by atoms with Crippen LogP contribution in [0.1, 0.15) is 46.8 Å². The Bertz CT molecular complexity index is 1300. The van der Waals surface area contributed by atoms with E-state index in [0.717, 1.165) is 76.1 Å². The molecule has 2 heterocycles. The third-order valence-corrected chi connectivity index (χ3v) is 9.17. The summed E-state index contributed by atoms with van der Waals surface area (Å²) in [4.78, 5) is 21.1. The lowest BCUT2D eigenvalue weighted by Crippen LogP contribution is -2.60. The van der Waals surface area contributed by atoms with Crippen LogP contribution in [0.4, 0.5) is 0 Å². The number of nitrogens with zero attached hydrogens (tertiary/aromatic N) is 3. The number of nitrogens with one attached hydrogen (secondary N) is 1. The van der Waals surface area contributed by atoms with E-state index < -0.39 is 0 Å². The Labute approximate surface area is 246 Å². The molecule has 41 heavy (non-hydrogen) atoms. The lowest BCUT2D eigenvalue weighted by atomic mass is 9.97. The van der Waals surface area contributed by atoms with Crippen LogP contribution in [-0.2, 0) is 6.42 Å². The summed E-state index contributed by atoms with van der Waals surface area (Å²) in [5, 5.41) is 5.76. The van der Waals surface area contributed by atoms with Crippen LogP contribution in [0.2, 0.25) is 0 Å². The van der Waals surface area contributed by atoms with Crippen LogP contribution in [0.15, 0.2) is 60.7 Å². The number of carbonyl (C=O) groups is 1. The number of aryl methyl sites for hydroxylation is 2. The van der Waals surface area contributed by atoms with Crippen molar-refractivity contribution >= 4 is 16.6 Å². The van der Waals surface area contributed by atoms with Crippen molar-refractivity contribution < 1.29 is 4.79 Å². The van der Waals surface area contributed by atoms with Gasteiger partial charge in [-0.2, -0.15) is 0 Å². The van der Waals surface area contributed by atoms with Crippen molar-refractivity contribution in [2.75, 3.05) is 58.9 Å². The van der Waals surface area contributed by atoms with Gasteiger partial charge >= 0.3 is 0 Å². The van der Waals surface area contributed by atoms with Crippen LogP contribution in [0.25, 0.3) is 10.8 Å². The zero-order chi connectivity index (χ0) is 28.8. The van der Waals surface area contributed by atoms with Crippen LogP contribution in [0.5, 0.6) is 0 Å². The standard InChI is InChI=1S/C35H49N5O/c1-26-10-11-30(27(2)19-26)21-33(36)23-40-22-28(3)39(24-34(40)9-6-16-38-17-14-37-15-18-38)25-35(41)32-13-12-29-7-4-5-8-31(29)20-32/h4-5,7-8,10-13,19-20,28,33-34,37H,6,9,14-18,21-25,36H2,1-3H3/t28-,33-,34+/m1/s1. The fourth-order valence-corrected chi connectivity index (χ4v) is 6.73. The molecule has 0 aliphatic carbocycles. The topological polar surface area (TPSA) is 64.8 Å². The molecule has 0 unspecified atom stereocenters. The largest absolute Gasteiger partial charge is 0.326 e. The van der Waals surface area contributed by atoms with Gasteiger partial charge in [0, 0.05) is 69.5 Å². The number of rotatable bonds is 11. The molecular weight excluding hydrogens is 506 g/mol. The quantitative estimate of drug-likeness (QED) is 0.345. The molecule has 3 N–H and O–H groups in total. The van der Waals surface area contributed by atoms with E-state index in [1.165, 1.54) is 28.5 Å². The van der Waals surface area contributed by atoms with E-state index >= 15 is 0 Å². The molecule has 0 radical (unpaired) electrons. The maximum absolute atomic E-state index is 13.5. The van der Waals surface area contributed by atoms with Crippen molar-refractivity contribution in [3.8, 4) is 0 Å². The number of fused-ring (bicyclic) bond motifs is 1. The molecule has 2 aliphatic heterocycles. The van der Waals surface area contributed by atoms with E-state index in [4.69, 9.17) is 5.73 Å². The molecule has 5 rings (SSSR count). The molecule has 6 heteroatoms. The van der Waals surface area contributed by atoms with Gasteiger partial charge in [-0.25, -0.2) is 0 Å². The highest BCUT2D eigenvalue weighted by Gasteiger charge is 2.33. The van der Waals surface area contributed by atoms with Crippen LogP contribution >= 0.6 is 0 Å². The number of carbonyl (C=O) groups excluding carboxylic acids is 1. The molecule has 0 aromatic heterocycles. The zero-order valence-corrected chi connectivity index (χ0v) is 25.3. The number of piperazine rings is 2. The first-order valence-electron chi connectivity index (χ1n) is 15.6. The average molecular weight is 556 g/mol. The highest BCUT2D eigenvalue weighted by atomic mass is 16.1. The summed E-state index contributed by atoms with van der Waals surface area (Å²) in [6.45, 7) is 15.4. The summed E-state index contributed by atoms with van der Waals surface area (Å²) in [5.41, 5.74) is 11.6. The molecule has 3 aromatic carbocycles. The minimum absolute atomic E-state index is 0.0880. The Morgan fingerprint density at radius 2 is 1.76 bits per heavy atom. The van der Waals surface area contributed by atoms with E-state index in [1.807, 2.05) is 18.2 Å². The second kappa shape index (κ2) is 14.0.